The second kappa shape index (κ2) is 10.1. The van der Waals surface area contributed by atoms with Crippen LogP contribution in [0.15, 0.2) is 36.7 Å². The van der Waals surface area contributed by atoms with Gasteiger partial charge in [-0.1, -0.05) is 13.8 Å². The molecule has 0 spiro atoms. The zero-order valence-corrected chi connectivity index (χ0v) is 18.1. The minimum Gasteiger partial charge on any atom is -0.453 e. The van der Waals surface area contributed by atoms with E-state index in [0.717, 1.165) is 43.7 Å². The Kier molecular flexibility index (Phi) is 6.99. The van der Waals surface area contributed by atoms with Crippen LogP contribution < -0.4 is 4.74 Å². The van der Waals surface area contributed by atoms with Gasteiger partial charge in [-0.3, -0.25) is 4.68 Å². The summed E-state index contributed by atoms with van der Waals surface area (Å²) in [6.07, 6.45) is 7.92. The normalized spacial score (nSPS) is 16.5. The molecule has 8 heteroatoms. The van der Waals surface area contributed by atoms with Gasteiger partial charge in [0.1, 0.15) is 17.3 Å². The fraction of sp³-hybridized carbons (Fsp3) is 0.478. The summed E-state index contributed by atoms with van der Waals surface area (Å²) >= 11 is 0. The molecule has 4 rings (SSSR count). The molecule has 1 saturated heterocycles. The average Bonchev–Trinajstić information content (AvgIpc) is 3.42. The van der Waals surface area contributed by atoms with E-state index in [2.05, 4.69) is 12.0 Å². The number of hydrogen-bond donors (Lipinski definition) is 0. The van der Waals surface area contributed by atoms with Crippen molar-refractivity contribution in [2.75, 3.05) is 13.2 Å². The van der Waals surface area contributed by atoms with Crippen molar-refractivity contribution in [2.45, 2.75) is 58.8 Å². The van der Waals surface area contributed by atoms with Crippen LogP contribution in [0.5, 0.6) is 11.5 Å². The first-order valence-electron chi connectivity index (χ1n) is 11.0. The first-order chi connectivity index (χ1) is 15.2. The Labute approximate surface area is 181 Å². The van der Waals surface area contributed by atoms with Crippen molar-refractivity contribution in [3.8, 4) is 17.2 Å². The van der Waals surface area contributed by atoms with Crippen LogP contribution in [-0.4, -0.2) is 39.1 Å². The summed E-state index contributed by atoms with van der Waals surface area (Å²) in [5.74, 6) is 0.726. The van der Waals surface area contributed by atoms with E-state index in [1.54, 1.807) is 29.2 Å². The van der Waals surface area contributed by atoms with Gasteiger partial charge >= 0.3 is 0 Å². The van der Waals surface area contributed by atoms with Crippen molar-refractivity contribution in [3.05, 3.63) is 53.9 Å². The van der Waals surface area contributed by atoms with Crippen molar-refractivity contribution in [1.82, 2.24) is 19.6 Å². The molecule has 0 radical (unpaired) electrons. The maximum atomic E-state index is 14.3. The minimum atomic E-state index is -0.382. The van der Waals surface area contributed by atoms with Gasteiger partial charge in [0.25, 0.3) is 0 Å². The maximum absolute atomic E-state index is 14.3. The van der Waals surface area contributed by atoms with E-state index in [1.807, 2.05) is 11.6 Å². The molecule has 0 N–H and O–H groups in total. The summed E-state index contributed by atoms with van der Waals surface area (Å²) in [6, 6.07) is 6.37. The first-order valence-corrected chi connectivity index (χ1v) is 11.0. The fourth-order valence-corrected chi connectivity index (χ4v) is 3.80. The van der Waals surface area contributed by atoms with Gasteiger partial charge in [0, 0.05) is 31.1 Å². The van der Waals surface area contributed by atoms with Gasteiger partial charge in [0.15, 0.2) is 12.0 Å². The zero-order chi connectivity index (χ0) is 21.6. The second-order valence-electron chi connectivity index (χ2n) is 7.52. The molecule has 0 bridgehead atoms. The molecule has 1 aliphatic rings. The van der Waals surface area contributed by atoms with E-state index >= 15 is 0 Å². The van der Waals surface area contributed by atoms with Gasteiger partial charge in [0.05, 0.1) is 24.5 Å². The number of hydrogen-bond acceptors (Lipinski definition) is 5. The van der Waals surface area contributed by atoms with Gasteiger partial charge in [0.2, 0.25) is 0 Å². The number of aromatic nitrogens is 4. The fourth-order valence-electron chi connectivity index (χ4n) is 3.80. The van der Waals surface area contributed by atoms with Gasteiger partial charge in [-0.25, -0.2) is 9.07 Å². The molecule has 2 aromatic heterocycles. The van der Waals surface area contributed by atoms with Crippen LogP contribution >= 0.6 is 0 Å². The van der Waals surface area contributed by atoms with Crippen LogP contribution in [0.4, 0.5) is 4.39 Å². The highest BCUT2D eigenvalue weighted by Gasteiger charge is 2.20. The molecule has 0 saturated carbocycles. The molecule has 1 unspecified atom stereocenters. The van der Waals surface area contributed by atoms with E-state index in [4.69, 9.17) is 19.3 Å². The largest absolute Gasteiger partial charge is 0.453 e. The summed E-state index contributed by atoms with van der Waals surface area (Å²) < 4.78 is 35.5. The van der Waals surface area contributed by atoms with Crippen molar-refractivity contribution in [3.63, 3.8) is 0 Å². The van der Waals surface area contributed by atoms with Crippen molar-refractivity contribution in [2.24, 2.45) is 0 Å². The Hall–Kier alpha value is -2.71. The van der Waals surface area contributed by atoms with Gasteiger partial charge in [-0.2, -0.15) is 10.2 Å². The van der Waals surface area contributed by atoms with Crippen LogP contribution in [0, 0.1) is 5.82 Å². The smallest absolute Gasteiger partial charge is 0.171 e. The number of halogens is 1. The number of benzene rings is 1. The molecule has 0 amide bonds. The number of nitrogens with zero attached hydrogens (tertiary/aromatic N) is 4. The molecule has 1 aromatic carbocycles. The lowest BCUT2D eigenvalue weighted by atomic mass is 10.2. The summed E-state index contributed by atoms with van der Waals surface area (Å²) in [4.78, 5) is 0. The highest BCUT2D eigenvalue weighted by Crippen LogP contribution is 2.32. The summed E-state index contributed by atoms with van der Waals surface area (Å²) in [7, 11) is 0. The van der Waals surface area contributed by atoms with Crippen LogP contribution in [0.25, 0.3) is 5.69 Å². The third-order valence-electron chi connectivity index (χ3n) is 5.34. The van der Waals surface area contributed by atoms with Crippen molar-refractivity contribution < 1.29 is 18.6 Å². The van der Waals surface area contributed by atoms with Crippen LogP contribution in [0.2, 0.25) is 0 Å². The molecular formula is C23H29FN4O3. The molecule has 7 nitrogen and oxygen atoms in total. The summed E-state index contributed by atoms with van der Waals surface area (Å²) in [6.45, 7) is 5.99. The van der Waals surface area contributed by atoms with E-state index in [9.17, 15) is 4.39 Å². The summed E-state index contributed by atoms with van der Waals surface area (Å²) in [5.41, 5.74) is 2.41. The van der Waals surface area contributed by atoms with E-state index < -0.39 is 0 Å². The third-order valence-corrected chi connectivity index (χ3v) is 5.34. The van der Waals surface area contributed by atoms with Gasteiger partial charge in [-0.05, 0) is 44.2 Å². The Balaban J connectivity index is 1.52. The maximum Gasteiger partial charge on any atom is 0.171 e. The van der Waals surface area contributed by atoms with E-state index in [-0.39, 0.29) is 12.1 Å². The number of aryl methyl sites for hydroxylation is 1. The SMILES string of the molecule is CCc1nn(CCOC2CCCCO2)c(CC)c1Oc1cc(F)cc(-n2cccn2)c1. The van der Waals surface area contributed by atoms with E-state index in [1.165, 1.54) is 12.1 Å². The second-order valence-corrected chi connectivity index (χ2v) is 7.52. The van der Waals surface area contributed by atoms with Crippen LogP contribution in [0.1, 0.15) is 44.5 Å². The Morgan fingerprint density at radius 2 is 2.10 bits per heavy atom. The minimum absolute atomic E-state index is 0.122. The Morgan fingerprint density at radius 1 is 1.19 bits per heavy atom. The molecule has 166 valence electrons. The Bertz CT molecular complexity index is 981. The molecule has 31 heavy (non-hydrogen) atoms. The lowest BCUT2D eigenvalue weighted by molar-refractivity contribution is -0.163. The highest BCUT2D eigenvalue weighted by molar-refractivity contribution is 5.44. The molecule has 1 aliphatic heterocycles. The predicted octanol–water partition coefficient (Wildman–Crippen LogP) is 4.67. The molecule has 0 aliphatic carbocycles. The van der Waals surface area contributed by atoms with Crippen LogP contribution in [0.3, 0.4) is 0 Å². The molecule has 1 atom stereocenters. The first kappa shape index (κ1) is 21.5. The quantitative estimate of drug-likeness (QED) is 0.496. The predicted molar refractivity (Wildman–Crippen MR) is 114 cm³/mol. The lowest BCUT2D eigenvalue weighted by Gasteiger charge is -2.22. The van der Waals surface area contributed by atoms with Crippen LogP contribution in [-0.2, 0) is 28.9 Å². The van der Waals surface area contributed by atoms with Gasteiger partial charge < -0.3 is 14.2 Å². The van der Waals surface area contributed by atoms with Crippen molar-refractivity contribution in [1.29, 1.82) is 0 Å². The summed E-state index contributed by atoms with van der Waals surface area (Å²) in [5, 5.41) is 8.91. The number of ether oxygens (including phenoxy) is 3. The lowest BCUT2D eigenvalue weighted by Crippen LogP contribution is -2.24. The number of rotatable bonds is 9. The standard InChI is InChI=1S/C23H29FN4O3/c1-3-20-23(31-19-15-17(24)14-18(16-19)27-10-7-9-25-27)21(4-2)28(26-20)11-13-30-22-8-5-6-12-29-22/h7,9-10,14-16,22H,3-6,8,11-13H2,1-2H3. The Morgan fingerprint density at radius 3 is 2.81 bits per heavy atom. The molecule has 3 aromatic rings. The average molecular weight is 429 g/mol. The van der Waals surface area contributed by atoms with E-state index in [0.29, 0.717) is 36.8 Å². The molecule has 1 fully saturated rings. The van der Waals surface area contributed by atoms with Crippen molar-refractivity contribution >= 4 is 0 Å². The zero-order valence-electron chi connectivity index (χ0n) is 18.1. The van der Waals surface area contributed by atoms with Gasteiger partial charge in [-0.15, -0.1) is 0 Å². The molecular weight excluding hydrogens is 399 g/mol. The highest BCUT2D eigenvalue weighted by atomic mass is 19.1. The third kappa shape index (κ3) is 5.14. The topological polar surface area (TPSA) is 63.3 Å². The molecule has 3 heterocycles. The monoisotopic (exact) mass is 428 g/mol.